The second-order valence-electron chi connectivity index (χ2n) is 4.90. The van der Waals surface area contributed by atoms with Gasteiger partial charge in [-0.2, -0.15) is 0 Å². The predicted octanol–water partition coefficient (Wildman–Crippen LogP) is 2.18. The molecule has 1 rings (SSSR count). The van der Waals surface area contributed by atoms with Crippen LogP contribution >= 0.6 is 11.6 Å². The van der Waals surface area contributed by atoms with Crippen molar-refractivity contribution < 1.29 is 13.2 Å². The van der Waals surface area contributed by atoms with Crippen LogP contribution in [0.2, 0.25) is 0 Å². The van der Waals surface area contributed by atoms with Crippen molar-refractivity contribution in [2.75, 3.05) is 18.2 Å². The molecule has 1 aromatic rings. The van der Waals surface area contributed by atoms with Crippen molar-refractivity contribution in [3.05, 3.63) is 35.9 Å². The summed E-state index contributed by atoms with van der Waals surface area (Å²) in [6.45, 7) is 3.93. The van der Waals surface area contributed by atoms with Gasteiger partial charge in [0.25, 0.3) is 0 Å². The van der Waals surface area contributed by atoms with Crippen LogP contribution in [0, 0.1) is 0 Å². The zero-order chi connectivity index (χ0) is 15.0. The van der Waals surface area contributed by atoms with Crippen LogP contribution in [0.4, 0.5) is 0 Å². The summed E-state index contributed by atoms with van der Waals surface area (Å²) in [5.74, 6) is 0.187. The van der Waals surface area contributed by atoms with Crippen LogP contribution in [0.3, 0.4) is 0 Å². The first kappa shape index (κ1) is 17.4. The van der Waals surface area contributed by atoms with Crippen LogP contribution < -0.4 is 4.72 Å². The maximum absolute atomic E-state index is 11.9. The minimum absolute atomic E-state index is 0.0262. The van der Waals surface area contributed by atoms with E-state index in [1.807, 2.05) is 44.2 Å². The molecule has 0 aliphatic heterocycles. The van der Waals surface area contributed by atoms with E-state index in [1.54, 1.807) is 0 Å². The number of halogens is 1. The summed E-state index contributed by atoms with van der Waals surface area (Å²) in [5.41, 5.74) is 1.05. The van der Waals surface area contributed by atoms with Crippen molar-refractivity contribution in [1.29, 1.82) is 0 Å². The summed E-state index contributed by atoms with van der Waals surface area (Å²) in [6.07, 6.45) is 0.604. The normalized spacial score (nSPS) is 13.6. The number of rotatable bonds is 9. The molecule has 0 heterocycles. The fourth-order valence-corrected chi connectivity index (χ4v) is 3.12. The lowest BCUT2D eigenvalue weighted by atomic mass is 10.1. The number of hydrogen-bond donors (Lipinski definition) is 1. The van der Waals surface area contributed by atoms with Crippen molar-refractivity contribution in [3.63, 3.8) is 0 Å². The molecule has 0 aromatic heterocycles. The molecule has 6 heteroatoms. The first-order valence-corrected chi connectivity index (χ1v) is 8.83. The van der Waals surface area contributed by atoms with Gasteiger partial charge in [-0.15, -0.1) is 11.6 Å². The van der Waals surface area contributed by atoms with Gasteiger partial charge in [0.1, 0.15) is 0 Å². The van der Waals surface area contributed by atoms with E-state index in [2.05, 4.69) is 4.72 Å². The predicted molar refractivity (Wildman–Crippen MR) is 82.7 cm³/mol. The maximum Gasteiger partial charge on any atom is 0.214 e. The number of sulfonamides is 1. The molecule has 1 atom stereocenters. The third-order valence-corrected chi connectivity index (χ3v) is 4.43. The number of alkyl halides is 1. The smallest absolute Gasteiger partial charge is 0.214 e. The molecule has 0 bridgehead atoms. The monoisotopic (exact) mass is 319 g/mol. The van der Waals surface area contributed by atoms with E-state index < -0.39 is 10.0 Å². The van der Waals surface area contributed by atoms with Crippen LogP contribution in [0.5, 0.6) is 0 Å². The zero-order valence-corrected chi connectivity index (χ0v) is 13.5. The summed E-state index contributed by atoms with van der Waals surface area (Å²) < 4.78 is 31.7. The Morgan fingerprint density at radius 2 is 1.90 bits per heavy atom. The Morgan fingerprint density at radius 3 is 2.45 bits per heavy atom. The second-order valence-corrected chi connectivity index (χ2v) is 7.08. The van der Waals surface area contributed by atoms with Crippen molar-refractivity contribution in [1.82, 2.24) is 4.72 Å². The van der Waals surface area contributed by atoms with E-state index >= 15 is 0 Å². The van der Waals surface area contributed by atoms with Gasteiger partial charge in [0.05, 0.1) is 18.5 Å². The van der Waals surface area contributed by atoms with Crippen molar-refractivity contribution in [2.45, 2.75) is 32.4 Å². The highest BCUT2D eigenvalue weighted by molar-refractivity contribution is 7.89. The molecule has 0 saturated heterocycles. The van der Waals surface area contributed by atoms with Crippen molar-refractivity contribution in [3.8, 4) is 0 Å². The van der Waals surface area contributed by atoms with Crippen LogP contribution in [0.1, 0.15) is 19.4 Å². The van der Waals surface area contributed by atoms with E-state index in [0.29, 0.717) is 6.42 Å². The molecule has 0 aliphatic carbocycles. The zero-order valence-electron chi connectivity index (χ0n) is 11.9. The Hall–Kier alpha value is -0.620. The Morgan fingerprint density at radius 1 is 1.25 bits per heavy atom. The van der Waals surface area contributed by atoms with Crippen molar-refractivity contribution >= 4 is 21.6 Å². The SMILES string of the molecule is CC(C)OCCS(=O)(=O)NC(CCl)Cc1ccccc1. The van der Waals surface area contributed by atoms with Gasteiger partial charge >= 0.3 is 0 Å². The molecule has 1 unspecified atom stereocenters. The molecule has 0 spiro atoms. The molecule has 0 amide bonds. The van der Waals surface area contributed by atoms with Gasteiger partial charge in [0.2, 0.25) is 10.0 Å². The average molecular weight is 320 g/mol. The van der Waals surface area contributed by atoms with Gasteiger partial charge in [-0.05, 0) is 25.8 Å². The summed E-state index contributed by atoms with van der Waals surface area (Å²) in [5, 5.41) is 0. The van der Waals surface area contributed by atoms with E-state index in [1.165, 1.54) is 0 Å². The Bertz CT molecular complexity index is 476. The van der Waals surface area contributed by atoms with Crippen molar-refractivity contribution in [2.24, 2.45) is 0 Å². The Kier molecular flexibility index (Phi) is 7.51. The van der Waals surface area contributed by atoms with Crippen LogP contribution in [-0.4, -0.2) is 38.8 Å². The molecule has 0 radical (unpaired) electrons. The summed E-state index contributed by atoms with van der Waals surface area (Å²) in [7, 11) is -3.37. The fraction of sp³-hybridized carbons (Fsp3) is 0.571. The third kappa shape index (κ3) is 7.24. The first-order chi connectivity index (χ1) is 9.43. The molecule has 0 saturated carbocycles. The van der Waals surface area contributed by atoms with Crippen LogP contribution in [-0.2, 0) is 21.2 Å². The highest BCUT2D eigenvalue weighted by atomic mass is 35.5. The van der Waals surface area contributed by atoms with Gasteiger partial charge in [-0.25, -0.2) is 13.1 Å². The maximum atomic E-state index is 11.9. The third-order valence-electron chi connectivity index (χ3n) is 2.66. The molecular formula is C14H22ClNO3S. The number of ether oxygens (including phenoxy) is 1. The molecule has 0 fully saturated rings. The van der Waals surface area contributed by atoms with Gasteiger partial charge < -0.3 is 4.74 Å². The molecule has 20 heavy (non-hydrogen) atoms. The highest BCUT2D eigenvalue weighted by Gasteiger charge is 2.17. The minimum Gasteiger partial charge on any atom is -0.378 e. The minimum atomic E-state index is -3.37. The lowest BCUT2D eigenvalue weighted by Gasteiger charge is -2.16. The van der Waals surface area contributed by atoms with E-state index in [4.69, 9.17) is 16.3 Å². The van der Waals surface area contributed by atoms with E-state index in [0.717, 1.165) is 5.56 Å². The Labute approximate surface area is 126 Å². The largest absolute Gasteiger partial charge is 0.378 e. The number of hydrogen-bond acceptors (Lipinski definition) is 3. The summed E-state index contributed by atoms with van der Waals surface area (Å²) in [4.78, 5) is 0. The van der Waals surface area contributed by atoms with Crippen LogP contribution in [0.25, 0.3) is 0 Å². The molecular weight excluding hydrogens is 298 g/mol. The molecule has 1 N–H and O–H groups in total. The Balaban J connectivity index is 2.50. The van der Waals surface area contributed by atoms with Gasteiger partial charge in [-0.3, -0.25) is 0 Å². The molecule has 114 valence electrons. The quantitative estimate of drug-likeness (QED) is 0.710. The summed E-state index contributed by atoms with van der Waals surface area (Å²) in [6, 6.07) is 9.37. The summed E-state index contributed by atoms with van der Waals surface area (Å²) >= 11 is 5.85. The van der Waals surface area contributed by atoms with Gasteiger partial charge in [-0.1, -0.05) is 30.3 Å². The van der Waals surface area contributed by atoms with Gasteiger partial charge in [0.15, 0.2) is 0 Å². The van der Waals surface area contributed by atoms with E-state index in [9.17, 15) is 8.42 Å². The lowest BCUT2D eigenvalue weighted by Crippen LogP contribution is -2.40. The average Bonchev–Trinajstić information content (AvgIpc) is 2.38. The molecule has 0 aliphatic rings. The van der Waals surface area contributed by atoms with Gasteiger partial charge in [0, 0.05) is 11.9 Å². The number of benzene rings is 1. The number of nitrogens with one attached hydrogen (secondary N) is 1. The molecule has 4 nitrogen and oxygen atoms in total. The van der Waals surface area contributed by atoms with Crippen LogP contribution in [0.15, 0.2) is 30.3 Å². The topological polar surface area (TPSA) is 55.4 Å². The van der Waals surface area contributed by atoms with E-state index in [-0.39, 0.29) is 30.4 Å². The second kappa shape index (κ2) is 8.62. The molecule has 1 aromatic carbocycles. The first-order valence-electron chi connectivity index (χ1n) is 6.64. The standard InChI is InChI=1S/C14H22ClNO3S/c1-12(2)19-8-9-20(17,18)16-14(11-15)10-13-6-4-3-5-7-13/h3-7,12,14,16H,8-11H2,1-2H3. The fourth-order valence-electron chi connectivity index (χ4n) is 1.73. The lowest BCUT2D eigenvalue weighted by molar-refractivity contribution is 0.0911. The highest BCUT2D eigenvalue weighted by Crippen LogP contribution is 2.06.